The van der Waals surface area contributed by atoms with Crippen LogP contribution in [0.25, 0.3) is 0 Å². The van der Waals surface area contributed by atoms with Crippen molar-refractivity contribution in [3.63, 3.8) is 0 Å². The maximum Gasteiger partial charge on any atom is 0.278 e. The van der Waals surface area contributed by atoms with Crippen LogP contribution >= 0.6 is 0 Å². The second-order valence-electron chi connectivity index (χ2n) is 2.31. The highest BCUT2D eigenvalue weighted by molar-refractivity contribution is 5.17. The van der Waals surface area contributed by atoms with Gasteiger partial charge in [-0.25, -0.2) is 4.63 Å². The minimum atomic E-state index is 0.293. The van der Waals surface area contributed by atoms with Gasteiger partial charge in [-0.05, 0) is 5.16 Å². The van der Waals surface area contributed by atoms with E-state index in [4.69, 9.17) is 4.74 Å². The minimum absolute atomic E-state index is 0.293. The molecule has 0 saturated carbocycles. The molecular formula is C6H10N2O2. The number of nitrogens with zero attached hydrogens (tertiary/aromatic N) is 2. The van der Waals surface area contributed by atoms with Gasteiger partial charge in [0.2, 0.25) is 0 Å². The van der Waals surface area contributed by atoms with Crippen molar-refractivity contribution in [2.24, 2.45) is 0 Å². The first-order valence-electron chi connectivity index (χ1n) is 3.12. The van der Waals surface area contributed by atoms with Gasteiger partial charge >= 0.3 is 0 Å². The fraction of sp³-hybridized carbons (Fsp3) is 0.667. The molecule has 0 saturated heterocycles. The number of ether oxygens (including phenoxy) is 1. The maximum atomic E-state index is 4.88. The van der Waals surface area contributed by atoms with E-state index in [9.17, 15) is 0 Å². The van der Waals surface area contributed by atoms with Crippen molar-refractivity contribution in [1.29, 1.82) is 0 Å². The Morgan fingerprint density at radius 3 is 2.50 bits per heavy atom. The van der Waals surface area contributed by atoms with Gasteiger partial charge in [-0.15, -0.1) is 0 Å². The van der Waals surface area contributed by atoms with E-state index in [2.05, 4.69) is 14.9 Å². The average molecular weight is 142 g/mol. The van der Waals surface area contributed by atoms with Gasteiger partial charge in [0.15, 0.2) is 5.69 Å². The van der Waals surface area contributed by atoms with Gasteiger partial charge in [-0.2, -0.15) is 0 Å². The minimum Gasteiger partial charge on any atom is -0.477 e. The second-order valence-corrected chi connectivity index (χ2v) is 2.31. The molecule has 4 nitrogen and oxygen atoms in total. The van der Waals surface area contributed by atoms with Crippen LogP contribution in [0, 0.1) is 0 Å². The molecule has 0 aliphatic rings. The van der Waals surface area contributed by atoms with E-state index in [1.165, 1.54) is 0 Å². The van der Waals surface area contributed by atoms with Crippen molar-refractivity contribution in [2.45, 2.75) is 19.8 Å². The SMILES string of the molecule is COc1nonc1C(C)C. The van der Waals surface area contributed by atoms with Crippen LogP contribution in [0.3, 0.4) is 0 Å². The molecule has 0 N–H and O–H groups in total. The molecule has 0 aliphatic heterocycles. The molecule has 0 aliphatic carbocycles. The van der Waals surface area contributed by atoms with Crippen molar-refractivity contribution in [3.05, 3.63) is 5.69 Å². The predicted octanol–water partition coefficient (Wildman–Crippen LogP) is 1.20. The van der Waals surface area contributed by atoms with Crippen LogP contribution in [-0.4, -0.2) is 17.4 Å². The lowest BCUT2D eigenvalue weighted by Crippen LogP contribution is -1.92. The highest BCUT2D eigenvalue weighted by Crippen LogP contribution is 2.20. The molecule has 1 heterocycles. The summed E-state index contributed by atoms with van der Waals surface area (Å²) in [6.07, 6.45) is 0. The van der Waals surface area contributed by atoms with E-state index in [1.54, 1.807) is 7.11 Å². The fourth-order valence-corrected chi connectivity index (χ4v) is 0.681. The largest absolute Gasteiger partial charge is 0.477 e. The van der Waals surface area contributed by atoms with Gasteiger partial charge in [-0.1, -0.05) is 19.0 Å². The Bertz CT molecular complexity index is 207. The zero-order chi connectivity index (χ0) is 7.56. The monoisotopic (exact) mass is 142 g/mol. The molecule has 0 spiro atoms. The van der Waals surface area contributed by atoms with Gasteiger partial charge in [-0.3, -0.25) is 0 Å². The summed E-state index contributed by atoms with van der Waals surface area (Å²) in [5.41, 5.74) is 0.766. The standard InChI is InChI=1S/C6H10N2O2/c1-4(2)5-6(9-3)8-10-7-5/h4H,1-3H3. The first-order chi connectivity index (χ1) is 4.75. The van der Waals surface area contributed by atoms with E-state index in [0.717, 1.165) is 5.69 Å². The number of rotatable bonds is 2. The number of aromatic nitrogens is 2. The Labute approximate surface area is 59.1 Å². The topological polar surface area (TPSA) is 48.2 Å². The first-order valence-corrected chi connectivity index (χ1v) is 3.12. The smallest absolute Gasteiger partial charge is 0.278 e. The summed E-state index contributed by atoms with van der Waals surface area (Å²) in [4.78, 5) is 0. The molecule has 0 atom stereocenters. The normalized spacial score (nSPS) is 10.4. The molecule has 0 radical (unpaired) electrons. The van der Waals surface area contributed by atoms with Crippen LogP contribution in [0.1, 0.15) is 25.5 Å². The average Bonchev–Trinajstić information content (AvgIpc) is 2.33. The van der Waals surface area contributed by atoms with E-state index >= 15 is 0 Å². The van der Waals surface area contributed by atoms with Crippen LogP contribution in [0.5, 0.6) is 5.88 Å². The summed E-state index contributed by atoms with van der Waals surface area (Å²) in [5.74, 6) is 0.774. The Morgan fingerprint density at radius 1 is 1.40 bits per heavy atom. The lowest BCUT2D eigenvalue weighted by Gasteiger charge is -1.98. The van der Waals surface area contributed by atoms with Crippen LogP contribution in [0.15, 0.2) is 4.63 Å². The fourth-order valence-electron chi connectivity index (χ4n) is 0.681. The second kappa shape index (κ2) is 2.68. The van der Waals surface area contributed by atoms with Crippen LogP contribution in [0.2, 0.25) is 0 Å². The lowest BCUT2D eigenvalue weighted by atomic mass is 10.1. The summed E-state index contributed by atoms with van der Waals surface area (Å²) in [5, 5.41) is 7.22. The molecule has 1 rings (SSSR count). The Balaban J connectivity index is 2.90. The van der Waals surface area contributed by atoms with Crippen molar-refractivity contribution in [1.82, 2.24) is 10.3 Å². The van der Waals surface area contributed by atoms with Gasteiger partial charge in [0, 0.05) is 5.92 Å². The summed E-state index contributed by atoms with van der Waals surface area (Å²) in [6.45, 7) is 4.00. The third-order valence-corrected chi connectivity index (χ3v) is 1.22. The molecule has 1 aromatic heterocycles. The zero-order valence-electron chi connectivity index (χ0n) is 6.29. The van der Waals surface area contributed by atoms with Gasteiger partial charge in [0.1, 0.15) is 0 Å². The van der Waals surface area contributed by atoms with E-state index < -0.39 is 0 Å². The van der Waals surface area contributed by atoms with E-state index in [-0.39, 0.29) is 0 Å². The number of methoxy groups -OCH3 is 1. The van der Waals surface area contributed by atoms with Crippen molar-refractivity contribution >= 4 is 0 Å². The molecule has 0 unspecified atom stereocenters. The quantitative estimate of drug-likeness (QED) is 0.622. The third kappa shape index (κ3) is 1.10. The summed E-state index contributed by atoms with van der Waals surface area (Å²) >= 11 is 0. The summed E-state index contributed by atoms with van der Waals surface area (Å²) in [7, 11) is 1.55. The predicted molar refractivity (Wildman–Crippen MR) is 34.9 cm³/mol. The van der Waals surface area contributed by atoms with Gasteiger partial charge in [0.05, 0.1) is 7.11 Å². The highest BCUT2D eigenvalue weighted by Gasteiger charge is 2.12. The molecular weight excluding hydrogens is 132 g/mol. The van der Waals surface area contributed by atoms with Crippen molar-refractivity contribution in [2.75, 3.05) is 7.11 Å². The highest BCUT2D eigenvalue weighted by atomic mass is 16.6. The maximum absolute atomic E-state index is 4.88. The Hall–Kier alpha value is -1.06. The van der Waals surface area contributed by atoms with Crippen molar-refractivity contribution in [3.8, 4) is 5.88 Å². The Kier molecular flexibility index (Phi) is 1.89. The number of hydrogen-bond donors (Lipinski definition) is 0. The van der Waals surface area contributed by atoms with Crippen LogP contribution in [-0.2, 0) is 0 Å². The zero-order valence-corrected chi connectivity index (χ0v) is 6.29. The molecule has 0 fully saturated rings. The van der Waals surface area contributed by atoms with Crippen LogP contribution in [0.4, 0.5) is 0 Å². The lowest BCUT2D eigenvalue weighted by molar-refractivity contribution is 0.280. The van der Waals surface area contributed by atoms with Crippen LogP contribution < -0.4 is 4.74 Å². The summed E-state index contributed by atoms with van der Waals surface area (Å²) < 4.78 is 9.35. The van der Waals surface area contributed by atoms with E-state index in [1.807, 2.05) is 13.8 Å². The molecule has 4 heteroatoms. The third-order valence-electron chi connectivity index (χ3n) is 1.22. The van der Waals surface area contributed by atoms with Gasteiger partial charge < -0.3 is 4.74 Å². The first kappa shape index (κ1) is 7.05. The van der Waals surface area contributed by atoms with Gasteiger partial charge in [0.25, 0.3) is 5.88 Å². The Morgan fingerprint density at radius 2 is 2.10 bits per heavy atom. The molecule has 0 aromatic carbocycles. The molecule has 1 aromatic rings. The van der Waals surface area contributed by atoms with Crippen molar-refractivity contribution < 1.29 is 9.37 Å². The molecule has 0 bridgehead atoms. The van der Waals surface area contributed by atoms with E-state index in [0.29, 0.717) is 11.8 Å². The summed E-state index contributed by atoms with van der Waals surface area (Å²) in [6, 6.07) is 0. The molecule has 0 amide bonds. The number of hydrogen-bond acceptors (Lipinski definition) is 4. The molecule has 10 heavy (non-hydrogen) atoms. The molecule has 56 valence electrons.